The number of aryl methyl sites for hydroxylation is 3. The molecule has 424 valence electrons. The molecule has 0 spiro atoms. The lowest BCUT2D eigenvalue weighted by molar-refractivity contribution is -0.144. The van der Waals surface area contributed by atoms with E-state index >= 15 is 4.39 Å². The smallest absolute Gasteiger partial charge is 0.433 e. The Morgan fingerprint density at radius 2 is 1.63 bits per heavy atom. The van der Waals surface area contributed by atoms with Crippen molar-refractivity contribution in [2.24, 2.45) is 22.1 Å². The second-order valence-electron chi connectivity index (χ2n) is 23.1. The van der Waals surface area contributed by atoms with Gasteiger partial charge in [-0.3, -0.25) is 33.7 Å². The van der Waals surface area contributed by atoms with E-state index < -0.39 is 82.7 Å². The molecule has 0 radical (unpaired) electrons. The largest absolute Gasteiger partial charge is 0.442 e. The van der Waals surface area contributed by atoms with Gasteiger partial charge in [0, 0.05) is 51.0 Å². The maximum Gasteiger partial charge on any atom is 0.433 e. The third kappa shape index (κ3) is 15.4. The molecule has 3 aliphatic heterocycles. The van der Waals surface area contributed by atoms with Gasteiger partial charge in [0.2, 0.25) is 35.4 Å². The van der Waals surface area contributed by atoms with Crippen LogP contribution in [0.1, 0.15) is 134 Å². The summed E-state index contributed by atoms with van der Waals surface area (Å²) in [6, 6.07) is 14.6. The molecule has 4 aromatic rings. The molecule has 0 aliphatic carbocycles. The van der Waals surface area contributed by atoms with Crippen LogP contribution in [0, 0.1) is 24.1 Å². The monoisotopic (exact) mass is 1110 g/mol. The van der Waals surface area contributed by atoms with Crippen molar-refractivity contribution in [1.82, 2.24) is 25.8 Å². The first-order valence-corrected chi connectivity index (χ1v) is 28.2. The number of primary amides is 1. The summed E-state index contributed by atoms with van der Waals surface area (Å²) in [5, 5.41) is 22.8. The minimum absolute atomic E-state index is 0.0338. The van der Waals surface area contributed by atoms with Crippen molar-refractivity contribution in [3.63, 3.8) is 0 Å². The number of carbonyl (C=O) groups excluding carboxylic acids is 7. The van der Waals surface area contributed by atoms with Crippen LogP contribution in [0.25, 0.3) is 10.4 Å². The number of unbranched alkanes of at least 4 members (excludes halogenated alkanes) is 2. The standard InChI is InChI=1S/C59H76FN9O9S/c1-34(36-20-23-39(24-21-36)51-35(2)64-33-79-51)65-53(73)45-29-43(70)32-68(45)56(76)52(58(3,4)5)67-48(72)19-11-9-10-14-37-15-13-18-44(49(37)60)62-31-42(26-27-47(61)71)66-54(74)46-28-40-17-12-16-38-22-25-41(55(75)69(46)50(38)40)30-63-57(77)78-59(6,7)8/h12-13,15-18,20-21,23-24,30,33-34,41-43,45-46,52,62,70H,9-11,14,19,22,25-29,31-32H2,1-8H3,(H2,61,71)(H,65,73)(H,66,74)(H,67,72)/b63-30+/t34-,41?,42-,43+,45-,46-,52+/m0/s1. The Hall–Kier alpha value is -7.06. The number of aromatic nitrogens is 1. The van der Waals surface area contributed by atoms with Crippen molar-refractivity contribution in [3.05, 3.63) is 99.9 Å². The number of anilines is 2. The molecule has 0 bridgehead atoms. The number of benzene rings is 3. The number of thiazole rings is 1. The van der Waals surface area contributed by atoms with Crippen molar-refractivity contribution < 1.29 is 47.8 Å². The van der Waals surface area contributed by atoms with Crippen LogP contribution in [0.3, 0.4) is 0 Å². The van der Waals surface area contributed by atoms with E-state index in [0.717, 1.165) is 32.8 Å². The lowest BCUT2D eigenvalue weighted by atomic mass is 9.85. The highest BCUT2D eigenvalue weighted by Crippen LogP contribution is 2.40. The van der Waals surface area contributed by atoms with Crippen LogP contribution in [0.4, 0.5) is 20.6 Å². The zero-order chi connectivity index (χ0) is 57.3. The van der Waals surface area contributed by atoms with Gasteiger partial charge >= 0.3 is 6.09 Å². The van der Waals surface area contributed by atoms with Crippen LogP contribution < -0.4 is 31.9 Å². The molecule has 7 N–H and O–H groups in total. The van der Waals surface area contributed by atoms with Gasteiger partial charge in [0.1, 0.15) is 29.5 Å². The van der Waals surface area contributed by atoms with Crippen molar-refractivity contribution in [3.8, 4) is 10.4 Å². The highest BCUT2D eigenvalue weighted by atomic mass is 32.1. The lowest BCUT2D eigenvalue weighted by Gasteiger charge is -2.35. The number of nitrogens with one attached hydrogen (secondary N) is 4. The topological polar surface area (TPSA) is 255 Å². The number of nitrogens with zero attached hydrogens (tertiary/aromatic N) is 4. The summed E-state index contributed by atoms with van der Waals surface area (Å²) in [5.74, 6) is -3.90. The predicted molar refractivity (Wildman–Crippen MR) is 302 cm³/mol. The summed E-state index contributed by atoms with van der Waals surface area (Å²) >= 11 is 1.56. The number of hydrogen-bond donors (Lipinski definition) is 6. The van der Waals surface area contributed by atoms with Gasteiger partial charge in [0.25, 0.3) is 0 Å². The number of para-hydroxylation sites is 1. The number of likely N-dealkylation sites (tertiary alicyclic amines) is 1. The van der Waals surface area contributed by atoms with Gasteiger partial charge < -0.3 is 41.7 Å². The normalized spacial score (nSPS) is 19.3. The molecule has 1 unspecified atom stereocenters. The fourth-order valence-electron chi connectivity index (χ4n) is 10.4. The number of ether oxygens (including phenoxy) is 1. The highest BCUT2D eigenvalue weighted by Gasteiger charge is 2.46. The second-order valence-corrected chi connectivity index (χ2v) is 23.9. The molecular weight excluding hydrogens is 1030 g/mol. The summed E-state index contributed by atoms with van der Waals surface area (Å²) in [7, 11) is 0. The summed E-state index contributed by atoms with van der Waals surface area (Å²) in [5.41, 5.74) is 11.7. The highest BCUT2D eigenvalue weighted by molar-refractivity contribution is 7.13. The Morgan fingerprint density at radius 1 is 0.924 bits per heavy atom. The zero-order valence-corrected chi connectivity index (χ0v) is 47.3. The molecule has 7 atom stereocenters. The average Bonchev–Trinajstić information content (AvgIpc) is 4.26. The maximum absolute atomic E-state index is 16.1. The molecule has 0 saturated carbocycles. The summed E-state index contributed by atoms with van der Waals surface area (Å²) in [6.07, 6.45) is 2.89. The predicted octanol–water partition coefficient (Wildman–Crippen LogP) is 7.42. The summed E-state index contributed by atoms with van der Waals surface area (Å²) in [6.45, 7) is 14.5. The van der Waals surface area contributed by atoms with E-state index in [1.807, 2.05) is 77.1 Å². The molecule has 3 aromatic carbocycles. The van der Waals surface area contributed by atoms with E-state index in [1.54, 1.807) is 55.8 Å². The van der Waals surface area contributed by atoms with Gasteiger partial charge in [0.15, 0.2) is 0 Å². The quantitative estimate of drug-likeness (QED) is 0.0354. The minimum atomic E-state index is -0.980. The number of nitrogens with two attached hydrogens (primary N) is 1. The van der Waals surface area contributed by atoms with Crippen molar-refractivity contribution >= 4 is 70.5 Å². The molecule has 4 heterocycles. The first-order valence-electron chi connectivity index (χ1n) is 27.3. The SMILES string of the molecule is Cc1ncsc1-c1ccc([C@H](C)NC(=O)[C@@H]2C[C@@H](O)CN2C(=O)[C@@H](NC(=O)CCCCCc2cccc(NC[C@H](CCC(N)=O)NC(=O)[C@@H]3Cc4cccc5c4N3C(=O)C(/C=N/C(=O)OC(C)(C)C)CC5)c2F)C(C)(C)C)cc1. The number of aliphatic imine (C=N–C) groups is 1. The van der Waals surface area contributed by atoms with E-state index in [4.69, 9.17) is 10.5 Å². The number of amides is 7. The number of β-amino-alcohol motifs (C(OH)–C–C–N with tert-alkyl or cyclic N) is 1. The third-order valence-electron chi connectivity index (χ3n) is 14.6. The van der Waals surface area contributed by atoms with Crippen LogP contribution >= 0.6 is 11.3 Å². The Kier molecular flexibility index (Phi) is 19.5. The first kappa shape index (κ1) is 59.6. The minimum Gasteiger partial charge on any atom is -0.442 e. The number of aliphatic hydroxyl groups excluding tert-OH is 1. The molecule has 1 fully saturated rings. The molecule has 79 heavy (non-hydrogen) atoms. The molecule has 3 aliphatic rings. The Bertz CT molecular complexity index is 2920. The number of aliphatic hydroxyl groups is 1. The summed E-state index contributed by atoms with van der Waals surface area (Å²) in [4.78, 5) is 107. The van der Waals surface area contributed by atoms with Crippen LogP contribution in [-0.4, -0.2) is 112 Å². The van der Waals surface area contributed by atoms with Gasteiger partial charge in [-0.25, -0.2) is 14.2 Å². The van der Waals surface area contributed by atoms with Crippen molar-refractivity contribution in [1.29, 1.82) is 0 Å². The van der Waals surface area contributed by atoms with E-state index in [9.17, 15) is 38.7 Å². The van der Waals surface area contributed by atoms with E-state index in [-0.39, 0.29) is 68.7 Å². The Balaban J connectivity index is 0.903. The van der Waals surface area contributed by atoms with Crippen LogP contribution in [0.2, 0.25) is 0 Å². The van der Waals surface area contributed by atoms with Crippen molar-refractivity contribution in [2.45, 2.75) is 168 Å². The summed E-state index contributed by atoms with van der Waals surface area (Å²) < 4.78 is 21.4. The fourth-order valence-corrected chi connectivity index (χ4v) is 11.3. The van der Waals surface area contributed by atoms with Crippen LogP contribution in [0.5, 0.6) is 0 Å². The molecule has 1 saturated heterocycles. The zero-order valence-electron chi connectivity index (χ0n) is 46.5. The van der Waals surface area contributed by atoms with Gasteiger partial charge in [-0.15, -0.1) is 11.3 Å². The van der Waals surface area contributed by atoms with Gasteiger partial charge in [-0.1, -0.05) is 81.8 Å². The van der Waals surface area contributed by atoms with E-state index in [2.05, 4.69) is 31.2 Å². The van der Waals surface area contributed by atoms with Gasteiger partial charge in [-0.2, -0.15) is 4.99 Å². The third-order valence-corrected chi connectivity index (χ3v) is 15.6. The molecular formula is C59H76FN9O9S. The van der Waals surface area contributed by atoms with E-state index in [1.165, 1.54) is 16.0 Å². The maximum atomic E-state index is 16.1. The second kappa shape index (κ2) is 25.8. The Morgan fingerprint density at radius 3 is 2.32 bits per heavy atom. The number of rotatable bonds is 21. The number of carbonyl (C=O) groups is 7. The average molecular weight is 1110 g/mol. The Labute approximate surface area is 465 Å². The van der Waals surface area contributed by atoms with E-state index in [0.29, 0.717) is 49.8 Å². The lowest BCUT2D eigenvalue weighted by Crippen LogP contribution is -2.57. The molecule has 7 rings (SSSR count). The van der Waals surface area contributed by atoms with Gasteiger partial charge in [0.05, 0.1) is 45.5 Å². The molecule has 20 heteroatoms. The molecule has 1 aromatic heterocycles. The fraction of sp³-hybridized carbons (Fsp3) is 0.508. The number of halogens is 1. The number of hydrogen-bond acceptors (Lipinski definition) is 12. The van der Waals surface area contributed by atoms with Crippen molar-refractivity contribution in [2.75, 3.05) is 23.3 Å². The first-order chi connectivity index (χ1) is 37.4. The molecule has 7 amide bonds. The van der Waals surface area contributed by atoms with Crippen LogP contribution in [0.15, 0.2) is 71.2 Å². The molecule has 18 nitrogen and oxygen atoms in total. The van der Waals surface area contributed by atoms with Gasteiger partial charge in [-0.05, 0) is 112 Å². The van der Waals surface area contributed by atoms with Crippen LogP contribution in [-0.2, 0) is 52.8 Å².